The number of amides is 1. The minimum atomic E-state index is -0.286. The molecule has 1 heterocycles. The molecule has 17 heavy (non-hydrogen) atoms. The van der Waals surface area contributed by atoms with Crippen LogP contribution >= 0.6 is 0 Å². The van der Waals surface area contributed by atoms with E-state index in [0.29, 0.717) is 5.92 Å². The maximum Gasteiger partial charge on any atom is 0.240 e. The van der Waals surface area contributed by atoms with Crippen LogP contribution in [0.1, 0.15) is 59.8 Å². The summed E-state index contributed by atoms with van der Waals surface area (Å²) in [7, 11) is 0. The first-order valence-electron chi connectivity index (χ1n) is 7.06. The van der Waals surface area contributed by atoms with Crippen molar-refractivity contribution in [3.05, 3.63) is 0 Å². The van der Waals surface area contributed by atoms with Crippen LogP contribution in [0.5, 0.6) is 0 Å². The zero-order valence-corrected chi connectivity index (χ0v) is 11.8. The molecule has 3 heteroatoms. The first-order valence-corrected chi connectivity index (χ1v) is 7.06. The molecule has 0 saturated carbocycles. The third-order valence-corrected chi connectivity index (χ3v) is 3.84. The Bertz CT molecular complexity index is 245. The minimum Gasteiger partial charge on any atom is -0.352 e. The Balaban J connectivity index is 2.41. The predicted molar refractivity (Wildman–Crippen MR) is 71.9 cm³/mol. The van der Waals surface area contributed by atoms with E-state index in [2.05, 4.69) is 38.3 Å². The van der Waals surface area contributed by atoms with Crippen LogP contribution in [0.2, 0.25) is 0 Å². The van der Waals surface area contributed by atoms with E-state index in [0.717, 1.165) is 32.2 Å². The van der Waals surface area contributed by atoms with Crippen LogP contribution < -0.4 is 10.6 Å². The molecule has 1 aliphatic rings. The van der Waals surface area contributed by atoms with Gasteiger partial charge in [0.25, 0.3) is 0 Å². The van der Waals surface area contributed by atoms with E-state index >= 15 is 0 Å². The highest BCUT2D eigenvalue weighted by Gasteiger charge is 2.39. The fourth-order valence-corrected chi connectivity index (χ4v) is 2.48. The van der Waals surface area contributed by atoms with Gasteiger partial charge in [-0.15, -0.1) is 0 Å². The first-order chi connectivity index (χ1) is 8.00. The molecule has 1 amide bonds. The van der Waals surface area contributed by atoms with Gasteiger partial charge in [-0.25, -0.2) is 0 Å². The second-order valence-electron chi connectivity index (χ2n) is 5.81. The van der Waals surface area contributed by atoms with E-state index in [1.165, 1.54) is 6.42 Å². The molecule has 2 N–H and O–H groups in total. The number of rotatable bonds is 6. The van der Waals surface area contributed by atoms with E-state index in [-0.39, 0.29) is 17.5 Å². The number of carbonyl (C=O) groups is 1. The van der Waals surface area contributed by atoms with Gasteiger partial charge in [0, 0.05) is 6.04 Å². The average molecular weight is 240 g/mol. The molecule has 0 spiro atoms. The van der Waals surface area contributed by atoms with E-state index < -0.39 is 0 Å². The number of hydrogen-bond donors (Lipinski definition) is 2. The molecule has 0 aromatic heterocycles. The molecule has 0 radical (unpaired) electrons. The van der Waals surface area contributed by atoms with Crippen molar-refractivity contribution in [1.82, 2.24) is 10.6 Å². The lowest BCUT2D eigenvalue weighted by molar-refractivity contribution is -0.128. The number of carbonyl (C=O) groups excluding carboxylic acids is 1. The van der Waals surface area contributed by atoms with Crippen molar-refractivity contribution < 1.29 is 4.79 Å². The maximum atomic E-state index is 12.3. The quantitative estimate of drug-likeness (QED) is 0.749. The maximum absolute atomic E-state index is 12.3. The lowest BCUT2D eigenvalue weighted by atomic mass is 9.92. The Morgan fingerprint density at radius 3 is 2.53 bits per heavy atom. The van der Waals surface area contributed by atoms with Crippen LogP contribution in [0.25, 0.3) is 0 Å². The van der Waals surface area contributed by atoms with E-state index in [4.69, 9.17) is 0 Å². The van der Waals surface area contributed by atoms with Gasteiger partial charge in [0.15, 0.2) is 0 Å². The molecule has 1 rings (SSSR count). The Labute approximate surface area is 106 Å². The van der Waals surface area contributed by atoms with Crippen LogP contribution in [-0.4, -0.2) is 24.0 Å². The number of nitrogens with one attached hydrogen (secondary N) is 2. The van der Waals surface area contributed by atoms with E-state index in [1.807, 2.05) is 0 Å². The van der Waals surface area contributed by atoms with Crippen molar-refractivity contribution >= 4 is 5.91 Å². The summed E-state index contributed by atoms with van der Waals surface area (Å²) in [6.07, 6.45) is 5.22. The van der Waals surface area contributed by atoms with Crippen molar-refractivity contribution in [3.8, 4) is 0 Å². The van der Waals surface area contributed by atoms with Gasteiger partial charge >= 0.3 is 0 Å². The smallest absolute Gasteiger partial charge is 0.240 e. The van der Waals surface area contributed by atoms with Crippen LogP contribution in [0, 0.1) is 5.92 Å². The molecule has 0 aliphatic carbocycles. The molecule has 0 bridgehead atoms. The third-order valence-electron chi connectivity index (χ3n) is 3.84. The van der Waals surface area contributed by atoms with Crippen molar-refractivity contribution in [3.63, 3.8) is 0 Å². The van der Waals surface area contributed by atoms with Crippen LogP contribution in [0.3, 0.4) is 0 Å². The summed E-state index contributed by atoms with van der Waals surface area (Å²) in [5, 5.41) is 6.55. The van der Waals surface area contributed by atoms with Crippen molar-refractivity contribution in [2.45, 2.75) is 71.4 Å². The highest BCUT2D eigenvalue weighted by atomic mass is 16.2. The topological polar surface area (TPSA) is 41.1 Å². The summed E-state index contributed by atoms with van der Waals surface area (Å²) < 4.78 is 0. The molecule has 100 valence electrons. The lowest BCUT2D eigenvalue weighted by Gasteiger charge is -2.28. The highest BCUT2D eigenvalue weighted by Crippen LogP contribution is 2.23. The summed E-state index contributed by atoms with van der Waals surface area (Å²) in [6, 6.07) is 0.288. The van der Waals surface area contributed by atoms with E-state index in [1.54, 1.807) is 0 Å². The minimum absolute atomic E-state index is 0.203. The molecule has 0 aromatic carbocycles. The predicted octanol–water partition coefficient (Wildman–Crippen LogP) is 2.46. The SMILES string of the molecule is CCC1(C(=O)NC(C)CCC(C)C)CCCN1. The second-order valence-corrected chi connectivity index (χ2v) is 5.81. The van der Waals surface area contributed by atoms with Gasteiger partial charge in [-0.05, 0) is 51.5 Å². The average Bonchev–Trinajstić information content (AvgIpc) is 2.76. The molecule has 3 nitrogen and oxygen atoms in total. The fraction of sp³-hybridized carbons (Fsp3) is 0.929. The molecule has 2 atom stereocenters. The zero-order chi connectivity index (χ0) is 12.9. The van der Waals surface area contributed by atoms with Crippen molar-refractivity contribution in [2.24, 2.45) is 5.92 Å². The van der Waals surface area contributed by atoms with Gasteiger partial charge in [0.1, 0.15) is 0 Å². The highest BCUT2D eigenvalue weighted by molar-refractivity contribution is 5.86. The normalized spacial score (nSPS) is 26.2. The molecule has 1 fully saturated rings. The first kappa shape index (κ1) is 14.5. The van der Waals surface area contributed by atoms with Gasteiger partial charge < -0.3 is 10.6 Å². The van der Waals surface area contributed by atoms with E-state index in [9.17, 15) is 4.79 Å². The zero-order valence-electron chi connectivity index (χ0n) is 11.8. The number of hydrogen-bond acceptors (Lipinski definition) is 2. The van der Waals surface area contributed by atoms with Crippen LogP contribution in [-0.2, 0) is 4.79 Å². The molecule has 1 aliphatic heterocycles. The Hall–Kier alpha value is -0.570. The Morgan fingerprint density at radius 2 is 2.06 bits per heavy atom. The molecule has 0 aromatic rings. The summed E-state index contributed by atoms with van der Waals surface area (Å²) in [5.74, 6) is 0.910. The standard InChI is InChI=1S/C14H28N2O/c1-5-14(9-6-10-15-14)13(17)16-12(4)8-7-11(2)3/h11-12,15H,5-10H2,1-4H3,(H,16,17). The summed E-state index contributed by atoms with van der Waals surface area (Å²) in [4.78, 5) is 12.3. The van der Waals surface area contributed by atoms with Gasteiger partial charge in [0.2, 0.25) is 5.91 Å². The fourth-order valence-electron chi connectivity index (χ4n) is 2.48. The van der Waals surface area contributed by atoms with Gasteiger partial charge in [-0.2, -0.15) is 0 Å². The van der Waals surface area contributed by atoms with Gasteiger partial charge in [0.05, 0.1) is 5.54 Å². The van der Waals surface area contributed by atoms with Crippen LogP contribution in [0.15, 0.2) is 0 Å². The Morgan fingerprint density at radius 1 is 1.35 bits per heavy atom. The summed E-state index contributed by atoms with van der Waals surface area (Å²) in [5.41, 5.74) is -0.286. The summed E-state index contributed by atoms with van der Waals surface area (Å²) >= 11 is 0. The molecular formula is C14H28N2O. The Kier molecular flexibility index (Phi) is 5.44. The molecule has 1 saturated heterocycles. The third kappa shape index (κ3) is 3.98. The molecular weight excluding hydrogens is 212 g/mol. The second kappa shape index (κ2) is 6.39. The monoisotopic (exact) mass is 240 g/mol. The van der Waals surface area contributed by atoms with Gasteiger partial charge in [-0.3, -0.25) is 4.79 Å². The largest absolute Gasteiger partial charge is 0.352 e. The summed E-state index contributed by atoms with van der Waals surface area (Å²) in [6.45, 7) is 9.62. The van der Waals surface area contributed by atoms with Crippen molar-refractivity contribution in [1.29, 1.82) is 0 Å². The molecule has 2 unspecified atom stereocenters. The van der Waals surface area contributed by atoms with Gasteiger partial charge in [-0.1, -0.05) is 20.8 Å². The van der Waals surface area contributed by atoms with Crippen molar-refractivity contribution in [2.75, 3.05) is 6.54 Å². The lowest BCUT2D eigenvalue weighted by Crippen LogP contribution is -2.54. The van der Waals surface area contributed by atoms with Crippen LogP contribution in [0.4, 0.5) is 0 Å².